The van der Waals surface area contributed by atoms with E-state index in [2.05, 4.69) is 0 Å². The highest BCUT2D eigenvalue weighted by atomic mass is 16.7. The number of amides is 1. The fourth-order valence-corrected chi connectivity index (χ4v) is 2.72. The van der Waals surface area contributed by atoms with E-state index in [0.717, 1.165) is 11.8 Å². The van der Waals surface area contributed by atoms with Gasteiger partial charge in [-0.25, -0.2) is 0 Å². The lowest BCUT2D eigenvalue weighted by Crippen LogP contribution is -2.31. The number of carbonyl (C=O) groups is 2. The first kappa shape index (κ1) is 18.7. The number of carbonyl (C=O) groups excluding carboxylic acids is 2. The third-order valence-electron chi connectivity index (χ3n) is 4.01. The zero-order valence-electron chi connectivity index (χ0n) is 14.8. The minimum Gasteiger partial charge on any atom is -0.467 e. The van der Waals surface area contributed by atoms with Gasteiger partial charge in [-0.2, -0.15) is 0 Å². The summed E-state index contributed by atoms with van der Waals surface area (Å²) in [5, 5.41) is 0. The summed E-state index contributed by atoms with van der Waals surface area (Å²) in [7, 11) is 1.50. The van der Waals surface area contributed by atoms with Crippen LogP contribution in [0.2, 0.25) is 0 Å². The van der Waals surface area contributed by atoms with Crippen LogP contribution in [0.15, 0.2) is 42.5 Å². The summed E-state index contributed by atoms with van der Waals surface area (Å²) in [6.07, 6.45) is 0.721. The van der Waals surface area contributed by atoms with Crippen molar-refractivity contribution < 1.29 is 19.1 Å². The third kappa shape index (κ3) is 4.06. The average Bonchev–Trinajstić information content (AvgIpc) is 2.66. The SMILES string of the molecule is CCN(CC)C(=O)c1c(OCOC)ccc(-c2ccccc2)c1C=O. The van der Waals surface area contributed by atoms with Crippen LogP contribution in [0.1, 0.15) is 34.6 Å². The zero-order valence-corrected chi connectivity index (χ0v) is 14.8. The van der Waals surface area contributed by atoms with Crippen LogP contribution < -0.4 is 4.74 Å². The minimum atomic E-state index is -0.226. The van der Waals surface area contributed by atoms with Crippen molar-refractivity contribution in [3.63, 3.8) is 0 Å². The molecule has 2 rings (SSSR count). The fraction of sp³-hybridized carbons (Fsp3) is 0.300. The normalized spacial score (nSPS) is 10.4. The van der Waals surface area contributed by atoms with Crippen molar-refractivity contribution in [3.05, 3.63) is 53.6 Å². The van der Waals surface area contributed by atoms with Gasteiger partial charge in [0.2, 0.25) is 0 Å². The summed E-state index contributed by atoms with van der Waals surface area (Å²) in [6, 6.07) is 13.0. The smallest absolute Gasteiger partial charge is 0.258 e. The number of hydrogen-bond donors (Lipinski definition) is 0. The molecule has 0 aliphatic rings. The Morgan fingerprint density at radius 2 is 1.76 bits per heavy atom. The summed E-state index contributed by atoms with van der Waals surface area (Å²) >= 11 is 0. The van der Waals surface area contributed by atoms with Gasteiger partial charge in [0.1, 0.15) is 5.75 Å². The Hall–Kier alpha value is -2.66. The van der Waals surface area contributed by atoms with E-state index < -0.39 is 0 Å². The molecule has 0 fully saturated rings. The predicted octanol–water partition coefficient (Wildman–Crippen LogP) is 3.63. The second-order valence-corrected chi connectivity index (χ2v) is 5.41. The Bertz CT molecular complexity index is 724. The molecule has 2 aromatic carbocycles. The van der Waals surface area contributed by atoms with E-state index in [1.54, 1.807) is 17.0 Å². The van der Waals surface area contributed by atoms with E-state index in [-0.39, 0.29) is 18.3 Å². The second-order valence-electron chi connectivity index (χ2n) is 5.41. The van der Waals surface area contributed by atoms with Gasteiger partial charge in [-0.3, -0.25) is 9.59 Å². The second kappa shape index (κ2) is 8.99. The number of methoxy groups -OCH3 is 1. The van der Waals surface area contributed by atoms with Crippen LogP contribution in [0.3, 0.4) is 0 Å². The number of nitrogens with zero attached hydrogens (tertiary/aromatic N) is 1. The number of rotatable bonds is 8. The average molecular weight is 341 g/mol. The van der Waals surface area contributed by atoms with Crippen molar-refractivity contribution in [2.45, 2.75) is 13.8 Å². The molecule has 2 aromatic rings. The number of aldehydes is 1. The molecule has 5 nitrogen and oxygen atoms in total. The van der Waals surface area contributed by atoms with Crippen molar-refractivity contribution in [2.75, 3.05) is 27.0 Å². The first-order valence-corrected chi connectivity index (χ1v) is 8.26. The molecule has 0 N–H and O–H groups in total. The Morgan fingerprint density at radius 1 is 1.08 bits per heavy atom. The number of hydrogen-bond acceptors (Lipinski definition) is 4. The monoisotopic (exact) mass is 341 g/mol. The Labute approximate surface area is 148 Å². The van der Waals surface area contributed by atoms with E-state index >= 15 is 0 Å². The van der Waals surface area contributed by atoms with E-state index in [1.165, 1.54) is 7.11 Å². The highest BCUT2D eigenvalue weighted by Crippen LogP contribution is 2.32. The van der Waals surface area contributed by atoms with Gasteiger partial charge in [0.05, 0.1) is 5.56 Å². The molecular formula is C20H23NO4. The molecule has 5 heteroatoms. The van der Waals surface area contributed by atoms with Crippen LogP contribution in [0.25, 0.3) is 11.1 Å². The molecule has 0 saturated carbocycles. The first-order chi connectivity index (χ1) is 12.2. The van der Waals surface area contributed by atoms with E-state index in [9.17, 15) is 9.59 Å². The van der Waals surface area contributed by atoms with Crippen molar-refractivity contribution in [1.82, 2.24) is 4.90 Å². The van der Waals surface area contributed by atoms with Gasteiger partial charge in [0, 0.05) is 25.8 Å². The maximum absolute atomic E-state index is 13.0. The van der Waals surface area contributed by atoms with Gasteiger partial charge in [0.15, 0.2) is 13.1 Å². The molecule has 0 aromatic heterocycles. The minimum absolute atomic E-state index is 0.00150. The third-order valence-corrected chi connectivity index (χ3v) is 4.01. The van der Waals surface area contributed by atoms with Crippen LogP contribution in [-0.4, -0.2) is 44.1 Å². The Kier molecular flexibility index (Phi) is 6.71. The van der Waals surface area contributed by atoms with E-state index in [0.29, 0.717) is 30.0 Å². The lowest BCUT2D eigenvalue weighted by Gasteiger charge is -2.22. The summed E-state index contributed by atoms with van der Waals surface area (Å²) < 4.78 is 10.5. The van der Waals surface area contributed by atoms with Crippen molar-refractivity contribution in [3.8, 4) is 16.9 Å². The maximum atomic E-state index is 13.0. The van der Waals surface area contributed by atoms with Gasteiger partial charge in [-0.1, -0.05) is 30.3 Å². The lowest BCUT2D eigenvalue weighted by molar-refractivity contribution is 0.0490. The molecular weight excluding hydrogens is 318 g/mol. The standard InChI is InChI=1S/C20H23NO4/c1-4-21(5-2)20(23)19-17(13-22)16(15-9-7-6-8-10-15)11-12-18(19)25-14-24-3/h6-13H,4-5,14H2,1-3H3. The van der Waals surface area contributed by atoms with Crippen molar-refractivity contribution in [1.29, 1.82) is 0 Å². The van der Waals surface area contributed by atoms with Crippen LogP contribution >= 0.6 is 0 Å². The molecule has 0 radical (unpaired) electrons. The summed E-state index contributed by atoms with van der Waals surface area (Å²) in [4.78, 5) is 26.6. The maximum Gasteiger partial charge on any atom is 0.258 e. The van der Waals surface area contributed by atoms with Gasteiger partial charge in [0.25, 0.3) is 5.91 Å². The molecule has 1 amide bonds. The topological polar surface area (TPSA) is 55.8 Å². The van der Waals surface area contributed by atoms with Gasteiger partial charge >= 0.3 is 0 Å². The first-order valence-electron chi connectivity index (χ1n) is 8.26. The summed E-state index contributed by atoms with van der Waals surface area (Å²) in [6.45, 7) is 4.90. The van der Waals surface area contributed by atoms with Gasteiger partial charge in [-0.15, -0.1) is 0 Å². The molecule has 0 atom stereocenters. The summed E-state index contributed by atoms with van der Waals surface area (Å²) in [5.41, 5.74) is 2.18. The molecule has 25 heavy (non-hydrogen) atoms. The molecule has 0 aliphatic heterocycles. The molecule has 0 heterocycles. The largest absolute Gasteiger partial charge is 0.467 e. The Morgan fingerprint density at radius 3 is 2.32 bits per heavy atom. The molecule has 0 unspecified atom stereocenters. The lowest BCUT2D eigenvalue weighted by atomic mass is 9.94. The fourth-order valence-electron chi connectivity index (χ4n) is 2.72. The van der Waals surface area contributed by atoms with Crippen molar-refractivity contribution in [2.24, 2.45) is 0 Å². The van der Waals surface area contributed by atoms with E-state index in [1.807, 2.05) is 44.2 Å². The van der Waals surface area contributed by atoms with Crippen LogP contribution in [-0.2, 0) is 4.74 Å². The highest BCUT2D eigenvalue weighted by molar-refractivity contribution is 6.07. The predicted molar refractivity (Wildman–Crippen MR) is 97.0 cm³/mol. The Balaban J connectivity index is 2.65. The zero-order chi connectivity index (χ0) is 18.2. The molecule has 0 saturated heterocycles. The molecule has 0 bridgehead atoms. The molecule has 132 valence electrons. The van der Waals surface area contributed by atoms with Gasteiger partial charge in [-0.05, 0) is 37.1 Å². The molecule has 0 aliphatic carbocycles. The van der Waals surface area contributed by atoms with Crippen LogP contribution in [0.4, 0.5) is 0 Å². The van der Waals surface area contributed by atoms with Crippen molar-refractivity contribution >= 4 is 12.2 Å². The van der Waals surface area contributed by atoms with Crippen LogP contribution in [0.5, 0.6) is 5.75 Å². The quantitative estimate of drug-likeness (QED) is 0.543. The molecule has 0 spiro atoms. The van der Waals surface area contributed by atoms with Crippen LogP contribution in [0, 0.1) is 0 Å². The van der Waals surface area contributed by atoms with Gasteiger partial charge < -0.3 is 14.4 Å². The highest BCUT2D eigenvalue weighted by Gasteiger charge is 2.24. The number of benzene rings is 2. The summed E-state index contributed by atoms with van der Waals surface area (Å²) in [5.74, 6) is 0.122. The van der Waals surface area contributed by atoms with E-state index in [4.69, 9.17) is 9.47 Å². The number of ether oxygens (including phenoxy) is 2.